The quantitative estimate of drug-likeness (QED) is 0.207. The van der Waals surface area contributed by atoms with Crippen molar-refractivity contribution in [2.45, 2.75) is 68.9 Å². The van der Waals surface area contributed by atoms with Gasteiger partial charge in [-0.3, -0.25) is 9.59 Å². The van der Waals surface area contributed by atoms with E-state index in [2.05, 4.69) is 4.98 Å². The van der Waals surface area contributed by atoms with Crippen LogP contribution < -0.4 is 10.4 Å². The van der Waals surface area contributed by atoms with Gasteiger partial charge in [0.15, 0.2) is 25.2 Å². The van der Waals surface area contributed by atoms with Gasteiger partial charge in [0.1, 0.15) is 18.5 Å². The zero-order valence-corrected chi connectivity index (χ0v) is 23.9. The maximum Gasteiger partial charge on any atom is 0.436 e. The summed E-state index contributed by atoms with van der Waals surface area (Å²) in [7, 11) is -3.56. The summed E-state index contributed by atoms with van der Waals surface area (Å²) in [5.74, 6) is -2.90. The number of hydrogen-bond donors (Lipinski definition) is 3. The van der Waals surface area contributed by atoms with E-state index in [0.717, 1.165) is 41.2 Å². The molecule has 2 aromatic carbocycles. The van der Waals surface area contributed by atoms with Crippen molar-refractivity contribution in [1.29, 1.82) is 0 Å². The Hall–Kier alpha value is -3.55. The number of carbonyl (C=O) groups is 2. The minimum atomic E-state index is -3.56. The molecule has 5 atom stereocenters. The van der Waals surface area contributed by atoms with Crippen LogP contribution in [0.15, 0.2) is 73.1 Å². The Labute approximate surface area is 232 Å². The Morgan fingerprint density at radius 1 is 1.00 bits per heavy atom. The van der Waals surface area contributed by atoms with Gasteiger partial charge in [-0.1, -0.05) is 96.8 Å². The van der Waals surface area contributed by atoms with Gasteiger partial charge < -0.3 is 30.2 Å². The van der Waals surface area contributed by atoms with Crippen LogP contribution >= 0.6 is 0 Å². The predicted molar refractivity (Wildman–Crippen MR) is 148 cm³/mol. The molecule has 0 bridgehead atoms. The van der Waals surface area contributed by atoms with Crippen LogP contribution in [0.2, 0.25) is 5.04 Å². The standard InChI is InChI=1S/C28H33N3O8Si/c1-18(32)27(35)22(39-24(28(27,36)19(2)33)30-17-16-29-25(30)31(37)38)23(34)40(26(3,4)5,20-12-8-6-9-13-20)21-14-10-7-11-15-21/h6-17,22-24,34-36H,1-5H3/t22-,23?,24-,27-,28+/m1/s1. The third kappa shape index (κ3) is 3.98. The van der Waals surface area contributed by atoms with Crippen molar-refractivity contribution in [2.75, 3.05) is 0 Å². The molecule has 3 N–H and O–H groups in total. The Kier molecular flexibility index (Phi) is 7.45. The number of ketones is 2. The van der Waals surface area contributed by atoms with Crippen LogP contribution in [0, 0.1) is 10.1 Å². The molecule has 3 aromatic rings. The van der Waals surface area contributed by atoms with Crippen molar-refractivity contribution in [3.8, 4) is 0 Å². The average Bonchev–Trinajstić information content (AvgIpc) is 3.47. The fourth-order valence-corrected chi connectivity index (χ4v) is 12.1. The molecule has 2 heterocycles. The molecule has 1 saturated heterocycles. The van der Waals surface area contributed by atoms with E-state index in [1.165, 1.54) is 0 Å². The zero-order valence-electron chi connectivity index (χ0n) is 22.9. The number of aliphatic hydroxyl groups is 3. The Balaban J connectivity index is 2.06. The first-order chi connectivity index (χ1) is 18.7. The number of nitro groups is 1. The second-order valence-corrected chi connectivity index (χ2v) is 16.0. The van der Waals surface area contributed by atoms with Gasteiger partial charge in [-0.25, -0.2) is 0 Å². The number of nitrogens with zero attached hydrogens (tertiary/aromatic N) is 3. The number of hydrogen-bond acceptors (Lipinski definition) is 9. The van der Waals surface area contributed by atoms with E-state index in [1.54, 1.807) is 0 Å². The lowest BCUT2D eigenvalue weighted by atomic mass is 9.75. The van der Waals surface area contributed by atoms with Gasteiger partial charge in [0.2, 0.25) is 11.8 Å². The summed E-state index contributed by atoms with van der Waals surface area (Å²) in [5, 5.41) is 49.1. The van der Waals surface area contributed by atoms with Gasteiger partial charge in [0.05, 0.1) is 5.73 Å². The van der Waals surface area contributed by atoms with E-state index >= 15 is 0 Å². The molecule has 1 fully saturated rings. The molecule has 0 amide bonds. The molecular formula is C28H33N3O8Si. The molecule has 0 radical (unpaired) electrons. The highest BCUT2D eigenvalue weighted by Crippen LogP contribution is 2.52. The van der Waals surface area contributed by atoms with Gasteiger partial charge in [-0.15, -0.1) is 0 Å². The number of imidazole rings is 1. The number of carbonyl (C=O) groups excluding carboxylic acids is 2. The Bertz CT molecular complexity index is 1380. The van der Waals surface area contributed by atoms with Crippen LogP contribution in [0.5, 0.6) is 0 Å². The molecule has 40 heavy (non-hydrogen) atoms. The van der Waals surface area contributed by atoms with E-state index in [9.17, 15) is 35.0 Å². The highest BCUT2D eigenvalue weighted by atomic mass is 28.3. The maximum absolute atomic E-state index is 13.3. The molecule has 1 aliphatic heterocycles. The number of aliphatic hydroxyl groups excluding tert-OH is 1. The third-order valence-electron chi connectivity index (χ3n) is 8.14. The van der Waals surface area contributed by atoms with Crippen LogP contribution in [-0.2, 0) is 14.3 Å². The van der Waals surface area contributed by atoms with E-state index in [4.69, 9.17) is 4.74 Å². The van der Waals surface area contributed by atoms with Crippen LogP contribution in [0.4, 0.5) is 5.95 Å². The summed E-state index contributed by atoms with van der Waals surface area (Å²) >= 11 is 0. The van der Waals surface area contributed by atoms with Gasteiger partial charge in [0, 0.05) is 0 Å². The van der Waals surface area contributed by atoms with E-state index in [1.807, 2.05) is 81.4 Å². The highest BCUT2D eigenvalue weighted by molar-refractivity contribution is 7.05. The largest absolute Gasteiger partial charge is 0.436 e. The average molecular weight is 568 g/mol. The summed E-state index contributed by atoms with van der Waals surface area (Å²) in [4.78, 5) is 41.0. The van der Waals surface area contributed by atoms with Gasteiger partial charge >= 0.3 is 5.95 Å². The number of benzene rings is 2. The minimum Gasteiger partial charge on any atom is -0.393 e. The lowest BCUT2D eigenvalue weighted by Gasteiger charge is -2.50. The molecule has 0 spiro atoms. The molecule has 0 aliphatic carbocycles. The lowest BCUT2D eigenvalue weighted by Crippen LogP contribution is -2.78. The van der Waals surface area contributed by atoms with Crippen LogP contribution in [0.1, 0.15) is 40.8 Å². The second-order valence-electron chi connectivity index (χ2n) is 11.2. The summed E-state index contributed by atoms with van der Waals surface area (Å²) in [6, 6.07) is 18.3. The molecule has 11 nitrogen and oxygen atoms in total. The van der Waals surface area contributed by atoms with Crippen LogP contribution in [-0.4, -0.2) is 72.5 Å². The smallest absolute Gasteiger partial charge is 0.393 e. The monoisotopic (exact) mass is 567 g/mol. The van der Waals surface area contributed by atoms with Crippen molar-refractivity contribution in [2.24, 2.45) is 0 Å². The predicted octanol–water partition coefficient (Wildman–Crippen LogP) is 1.29. The van der Waals surface area contributed by atoms with Crippen LogP contribution in [0.3, 0.4) is 0 Å². The fourth-order valence-electron chi connectivity index (χ4n) is 6.30. The number of Topliss-reactive ketones (excluding diaryl/α,β-unsaturated/α-hetero) is 2. The van der Waals surface area contributed by atoms with Crippen molar-refractivity contribution in [1.82, 2.24) is 9.55 Å². The number of aromatic nitrogens is 2. The second kappa shape index (κ2) is 10.1. The van der Waals surface area contributed by atoms with Gasteiger partial charge in [-0.05, 0) is 23.8 Å². The van der Waals surface area contributed by atoms with Crippen LogP contribution in [0.25, 0.3) is 0 Å². The summed E-state index contributed by atoms with van der Waals surface area (Å²) in [5.41, 5.74) is -7.61. The summed E-state index contributed by atoms with van der Waals surface area (Å²) in [6.07, 6.45) is -1.63. The molecule has 212 valence electrons. The Morgan fingerprint density at radius 3 is 1.88 bits per heavy atom. The molecule has 1 aromatic heterocycles. The van der Waals surface area contributed by atoms with Crippen molar-refractivity contribution < 1.29 is 34.6 Å². The summed E-state index contributed by atoms with van der Waals surface area (Å²) in [6.45, 7) is 7.72. The normalized spacial score (nSPS) is 25.9. The third-order valence-corrected chi connectivity index (χ3v) is 14.2. The molecule has 1 unspecified atom stereocenters. The zero-order chi connectivity index (χ0) is 29.7. The van der Waals surface area contributed by atoms with E-state index < -0.39 is 64.8 Å². The minimum absolute atomic E-state index is 0.691. The SMILES string of the molecule is CC(=O)[C@@]1(O)[C@@H](C(O)[Si](c2ccccc2)(c2ccccc2)C(C)(C)C)O[C@@H](n2ccnc2[N+](=O)[O-])[C@@]1(O)C(C)=O. The van der Waals surface area contributed by atoms with Crippen molar-refractivity contribution >= 4 is 36.0 Å². The first kappa shape index (κ1) is 29.4. The highest BCUT2D eigenvalue weighted by Gasteiger charge is 2.76. The number of ether oxygens (including phenoxy) is 1. The van der Waals surface area contributed by atoms with Gasteiger partial charge in [-0.2, -0.15) is 4.57 Å². The molecule has 12 heteroatoms. The van der Waals surface area contributed by atoms with Crippen molar-refractivity contribution in [3.05, 3.63) is 83.2 Å². The lowest BCUT2D eigenvalue weighted by molar-refractivity contribution is -0.399. The Morgan fingerprint density at radius 2 is 1.48 bits per heavy atom. The van der Waals surface area contributed by atoms with Gasteiger partial charge in [0.25, 0.3) is 0 Å². The number of rotatable bonds is 8. The maximum atomic E-state index is 13.3. The first-order valence-corrected chi connectivity index (χ1v) is 14.8. The topological polar surface area (TPSA) is 165 Å². The van der Waals surface area contributed by atoms with Crippen molar-refractivity contribution in [3.63, 3.8) is 0 Å². The van der Waals surface area contributed by atoms with E-state index in [-0.39, 0.29) is 0 Å². The molecular weight excluding hydrogens is 534 g/mol. The molecule has 1 aliphatic rings. The summed E-state index contributed by atoms with van der Waals surface area (Å²) < 4.78 is 6.90. The van der Waals surface area contributed by atoms with E-state index in [0.29, 0.717) is 0 Å². The fraction of sp³-hybridized carbons (Fsp3) is 0.393. The molecule has 0 saturated carbocycles. The molecule has 4 rings (SSSR count). The first-order valence-electron chi connectivity index (χ1n) is 12.7.